The number of aromatic nitrogens is 2. The zero-order valence-electron chi connectivity index (χ0n) is 11.8. The van der Waals surface area contributed by atoms with Crippen LogP contribution in [0, 0.1) is 0 Å². The normalized spacial score (nSPS) is 16.7. The van der Waals surface area contributed by atoms with Gasteiger partial charge in [-0.3, -0.25) is 9.48 Å². The molecule has 1 N–H and O–H groups in total. The molecule has 0 unspecified atom stereocenters. The molecule has 1 aromatic heterocycles. The summed E-state index contributed by atoms with van der Waals surface area (Å²) in [4.78, 5) is 12.0. The quantitative estimate of drug-likeness (QED) is 0.923. The number of rotatable bonds is 5. The Morgan fingerprint density at radius 1 is 1.43 bits per heavy atom. The summed E-state index contributed by atoms with van der Waals surface area (Å²) in [6.07, 6.45) is 6.07. The third-order valence-electron chi connectivity index (χ3n) is 3.95. The average Bonchev–Trinajstić information content (AvgIpc) is 3.06. The molecule has 0 radical (unpaired) electrons. The van der Waals surface area contributed by atoms with Crippen molar-refractivity contribution in [2.24, 2.45) is 0 Å². The number of aryl methyl sites for hydroxylation is 1. The Balaban J connectivity index is 1.47. The first-order valence-electron chi connectivity index (χ1n) is 7.25. The van der Waals surface area contributed by atoms with Crippen LogP contribution in [0.4, 0.5) is 0 Å². The van der Waals surface area contributed by atoms with E-state index in [2.05, 4.69) is 34.7 Å². The first-order chi connectivity index (χ1) is 10.2. The van der Waals surface area contributed by atoms with Crippen molar-refractivity contribution in [1.29, 1.82) is 0 Å². The largest absolute Gasteiger partial charge is 0.354 e. The van der Waals surface area contributed by atoms with E-state index < -0.39 is 0 Å². The average molecular weight is 304 g/mol. The van der Waals surface area contributed by atoms with Gasteiger partial charge < -0.3 is 5.32 Å². The number of benzene rings is 1. The number of hydrogen-bond donors (Lipinski definition) is 1. The number of fused-ring (bicyclic) bond motifs is 1. The molecule has 3 rings (SSSR count). The predicted octanol–water partition coefficient (Wildman–Crippen LogP) is 2.77. The van der Waals surface area contributed by atoms with Crippen LogP contribution in [-0.2, 0) is 17.8 Å². The molecule has 2 aromatic rings. The van der Waals surface area contributed by atoms with Crippen LogP contribution in [0.15, 0.2) is 36.7 Å². The second kappa shape index (κ2) is 6.31. The van der Waals surface area contributed by atoms with E-state index in [1.807, 2.05) is 0 Å². The van der Waals surface area contributed by atoms with Gasteiger partial charge in [-0.2, -0.15) is 5.10 Å². The summed E-state index contributed by atoms with van der Waals surface area (Å²) in [7, 11) is 0. The molecule has 4 nitrogen and oxygen atoms in total. The molecule has 1 aromatic carbocycles. The van der Waals surface area contributed by atoms with Crippen molar-refractivity contribution < 1.29 is 4.79 Å². The van der Waals surface area contributed by atoms with Gasteiger partial charge in [-0.05, 0) is 29.9 Å². The van der Waals surface area contributed by atoms with Gasteiger partial charge in [-0.15, -0.1) is 0 Å². The smallest absolute Gasteiger partial charge is 0.220 e. The lowest BCUT2D eigenvalue weighted by Gasteiger charge is -2.11. The van der Waals surface area contributed by atoms with Crippen molar-refractivity contribution in [3.05, 3.63) is 52.8 Å². The molecule has 0 aliphatic heterocycles. The van der Waals surface area contributed by atoms with Crippen molar-refractivity contribution in [2.75, 3.05) is 6.54 Å². The molecule has 5 heteroatoms. The Kier molecular flexibility index (Phi) is 4.25. The van der Waals surface area contributed by atoms with E-state index in [4.69, 9.17) is 11.6 Å². The van der Waals surface area contributed by atoms with Gasteiger partial charge in [0.15, 0.2) is 0 Å². The lowest BCUT2D eigenvalue weighted by Crippen LogP contribution is -2.28. The lowest BCUT2D eigenvalue weighted by atomic mass is 9.97. The molecule has 1 heterocycles. The summed E-state index contributed by atoms with van der Waals surface area (Å²) in [5.41, 5.74) is 2.73. The summed E-state index contributed by atoms with van der Waals surface area (Å²) in [5.74, 6) is 0.468. The fourth-order valence-electron chi connectivity index (χ4n) is 2.92. The van der Waals surface area contributed by atoms with Gasteiger partial charge in [0.1, 0.15) is 0 Å². The van der Waals surface area contributed by atoms with Gasteiger partial charge in [-0.1, -0.05) is 35.9 Å². The molecule has 0 saturated carbocycles. The van der Waals surface area contributed by atoms with E-state index in [-0.39, 0.29) is 5.91 Å². The number of nitrogens with one attached hydrogen (secondary N) is 1. The minimum atomic E-state index is 0.106. The molecule has 1 atom stereocenters. The highest BCUT2D eigenvalue weighted by Gasteiger charge is 2.23. The van der Waals surface area contributed by atoms with Gasteiger partial charge in [0.25, 0.3) is 0 Å². The molecule has 1 aliphatic carbocycles. The molecular formula is C16H18ClN3O. The van der Waals surface area contributed by atoms with Gasteiger partial charge in [0, 0.05) is 19.2 Å². The van der Waals surface area contributed by atoms with Crippen LogP contribution in [0.3, 0.4) is 0 Å². The van der Waals surface area contributed by atoms with Crippen molar-refractivity contribution in [2.45, 2.75) is 31.7 Å². The summed E-state index contributed by atoms with van der Waals surface area (Å²) in [6.45, 7) is 1.21. The highest BCUT2D eigenvalue weighted by atomic mass is 35.5. The Labute approximate surface area is 129 Å². The van der Waals surface area contributed by atoms with Crippen molar-refractivity contribution >= 4 is 17.5 Å². The van der Waals surface area contributed by atoms with Gasteiger partial charge in [0.2, 0.25) is 5.91 Å². The number of hydrogen-bond acceptors (Lipinski definition) is 2. The maximum Gasteiger partial charge on any atom is 0.220 e. The van der Waals surface area contributed by atoms with E-state index in [9.17, 15) is 4.79 Å². The van der Waals surface area contributed by atoms with Crippen molar-refractivity contribution in [1.82, 2.24) is 15.1 Å². The third-order valence-corrected chi connectivity index (χ3v) is 4.15. The molecule has 21 heavy (non-hydrogen) atoms. The second-order valence-corrected chi connectivity index (χ2v) is 5.85. The van der Waals surface area contributed by atoms with E-state index in [0.717, 1.165) is 12.8 Å². The van der Waals surface area contributed by atoms with E-state index in [1.165, 1.54) is 11.1 Å². The number of amides is 1. The Hall–Kier alpha value is -1.81. The topological polar surface area (TPSA) is 46.9 Å². The molecule has 0 spiro atoms. The Morgan fingerprint density at radius 3 is 3.10 bits per heavy atom. The van der Waals surface area contributed by atoms with Gasteiger partial charge in [-0.25, -0.2) is 0 Å². The van der Waals surface area contributed by atoms with Crippen molar-refractivity contribution in [3.8, 4) is 0 Å². The second-order valence-electron chi connectivity index (χ2n) is 5.41. The first-order valence-corrected chi connectivity index (χ1v) is 7.62. The van der Waals surface area contributed by atoms with Crippen LogP contribution < -0.4 is 5.32 Å². The summed E-state index contributed by atoms with van der Waals surface area (Å²) in [5, 5.41) is 7.65. The van der Waals surface area contributed by atoms with Crippen LogP contribution in [0.5, 0.6) is 0 Å². The van der Waals surface area contributed by atoms with Crippen LogP contribution in [0.1, 0.15) is 29.9 Å². The maximum atomic E-state index is 12.0. The van der Waals surface area contributed by atoms with Crippen LogP contribution in [-0.4, -0.2) is 22.2 Å². The zero-order valence-corrected chi connectivity index (χ0v) is 12.5. The highest BCUT2D eigenvalue weighted by Crippen LogP contribution is 2.34. The van der Waals surface area contributed by atoms with E-state index >= 15 is 0 Å². The fraction of sp³-hybridized carbons (Fsp3) is 0.375. The summed E-state index contributed by atoms with van der Waals surface area (Å²) < 4.78 is 1.73. The van der Waals surface area contributed by atoms with Crippen LogP contribution in [0.2, 0.25) is 5.02 Å². The molecule has 110 valence electrons. The molecule has 1 aliphatic rings. The monoisotopic (exact) mass is 303 g/mol. The van der Waals surface area contributed by atoms with Gasteiger partial charge >= 0.3 is 0 Å². The number of halogens is 1. The highest BCUT2D eigenvalue weighted by molar-refractivity contribution is 6.30. The zero-order chi connectivity index (χ0) is 14.7. The van der Waals surface area contributed by atoms with Crippen LogP contribution >= 0.6 is 11.6 Å². The van der Waals surface area contributed by atoms with E-state index in [1.54, 1.807) is 17.1 Å². The lowest BCUT2D eigenvalue weighted by molar-refractivity contribution is -0.121. The summed E-state index contributed by atoms with van der Waals surface area (Å²) in [6, 6.07) is 8.42. The third kappa shape index (κ3) is 3.45. The number of carbonyl (C=O) groups excluding carboxylic acids is 1. The minimum absolute atomic E-state index is 0.106. The first kappa shape index (κ1) is 14.1. The van der Waals surface area contributed by atoms with Gasteiger partial charge in [0.05, 0.1) is 17.8 Å². The van der Waals surface area contributed by atoms with Crippen LogP contribution in [0.25, 0.3) is 0 Å². The minimum Gasteiger partial charge on any atom is -0.354 e. The molecule has 0 bridgehead atoms. The Bertz CT molecular complexity index is 638. The van der Waals surface area contributed by atoms with E-state index in [0.29, 0.717) is 30.5 Å². The standard InChI is InChI=1S/C16H18ClN3O/c17-14-10-19-20(11-14)8-7-18-16(21)9-13-6-5-12-3-1-2-4-15(12)13/h1-4,10-11,13H,5-9H2,(H,18,21)/t13-/m0/s1. The fourth-order valence-corrected chi connectivity index (χ4v) is 3.08. The summed E-state index contributed by atoms with van der Waals surface area (Å²) >= 11 is 5.79. The molecule has 0 saturated heterocycles. The molecule has 1 amide bonds. The maximum absolute atomic E-state index is 12.0. The number of carbonyl (C=O) groups is 1. The predicted molar refractivity (Wildman–Crippen MR) is 82.4 cm³/mol. The SMILES string of the molecule is O=C(C[C@@H]1CCc2ccccc21)NCCn1cc(Cl)cn1. The number of nitrogens with zero attached hydrogens (tertiary/aromatic N) is 2. The molecular weight excluding hydrogens is 286 g/mol. The Morgan fingerprint density at radius 2 is 2.29 bits per heavy atom. The van der Waals surface area contributed by atoms with Crippen molar-refractivity contribution in [3.63, 3.8) is 0 Å². The molecule has 0 fully saturated rings.